The summed E-state index contributed by atoms with van der Waals surface area (Å²) in [5.74, 6) is 1.45. The lowest BCUT2D eigenvalue weighted by atomic mass is 10.3. The number of nitrogens with zero attached hydrogens (tertiary/aromatic N) is 4. The van der Waals surface area contributed by atoms with Crippen LogP contribution in [-0.4, -0.2) is 32.8 Å². The number of hydrogen-bond acceptors (Lipinski definition) is 6. The van der Waals surface area contributed by atoms with E-state index in [4.69, 9.17) is 4.74 Å². The summed E-state index contributed by atoms with van der Waals surface area (Å²) in [5.41, 5.74) is 0.0535. The van der Waals surface area contributed by atoms with Crippen LogP contribution in [0.4, 0.5) is 5.69 Å². The molecular formula is C12H15N5O3. The fraction of sp³-hybridized carbons (Fsp3) is 0.333. The molecule has 0 saturated heterocycles. The molecule has 0 aliphatic heterocycles. The van der Waals surface area contributed by atoms with Crippen molar-refractivity contribution in [1.29, 1.82) is 0 Å². The Bertz CT molecular complexity index is 567. The Morgan fingerprint density at radius 1 is 1.40 bits per heavy atom. The van der Waals surface area contributed by atoms with Crippen LogP contribution in [0.1, 0.15) is 5.82 Å². The molecule has 0 aliphatic rings. The van der Waals surface area contributed by atoms with Crippen molar-refractivity contribution in [1.82, 2.24) is 20.1 Å². The van der Waals surface area contributed by atoms with Crippen LogP contribution in [0.3, 0.4) is 0 Å². The molecule has 1 aromatic carbocycles. The predicted octanol–water partition coefficient (Wildman–Crippen LogP) is 0.892. The molecule has 8 nitrogen and oxygen atoms in total. The van der Waals surface area contributed by atoms with Crippen molar-refractivity contribution in [2.75, 3.05) is 13.2 Å². The summed E-state index contributed by atoms with van der Waals surface area (Å²) in [4.78, 5) is 10.1. The summed E-state index contributed by atoms with van der Waals surface area (Å²) in [5, 5.41) is 21.4. The number of nitro groups is 1. The number of rotatable bonds is 7. The molecule has 0 atom stereocenters. The lowest BCUT2D eigenvalue weighted by Crippen LogP contribution is -2.22. The lowest BCUT2D eigenvalue weighted by Gasteiger charge is -2.07. The Labute approximate surface area is 115 Å². The highest BCUT2D eigenvalue weighted by atomic mass is 16.6. The highest BCUT2D eigenvalue weighted by Gasteiger charge is 2.04. The van der Waals surface area contributed by atoms with Gasteiger partial charge in [0.05, 0.1) is 11.5 Å². The number of aryl methyl sites for hydroxylation is 1. The average Bonchev–Trinajstić information content (AvgIpc) is 2.84. The maximum Gasteiger partial charge on any atom is 0.269 e. The standard InChI is InChI=1S/C12H15N5O3/c1-16-9-14-15-12(16)8-13-6-7-20-11-4-2-10(3-5-11)17(18)19/h2-5,9,13H,6-8H2,1H3. The summed E-state index contributed by atoms with van der Waals surface area (Å²) < 4.78 is 7.30. The zero-order chi connectivity index (χ0) is 14.4. The molecule has 106 valence electrons. The van der Waals surface area contributed by atoms with Gasteiger partial charge in [0.25, 0.3) is 5.69 Å². The molecule has 0 spiro atoms. The SMILES string of the molecule is Cn1cnnc1CNCCOc1ccc([N+](=O)[O-])cc1. The van der Waals surface area contributed by atoms with Gasteiger partial charge < -0.3 is 14.6 Å². The molecule has 2 aromatic rings. The van der Waals surface area contributed by atoms with E-state index in [9.17, 15) is 10.1 Å². The van der Waals surface area contributed by atoms with E-state index in [0.717, 1.165) is 5.82 Å². The minimum atomic E-state index is -0.438. The van der Waals surface area contributed by atoms with Crippen molar-refractivity contribution in [2.24, 2.45) is 7.05 Å². The Hall–Kier alpha value is -2.48. The first-order valence-electron chi connectivity index (χ1n) is 6.07. The van der Waals surface area contributed by atoms with Crippen LogP contribution >= 0.6 is 0 Å². The van der Waals surface area contributed by atoms with E-state index in [1.807, 2.05) is 11.6 Å². The van der Waals surface area contributed by atoms with Gasteiger partial charge in [0, 0.05) is 25.7 Å². The Kier molecular flexibility index (Phi) is 4.61. The van der Waals surface area contributed by atoms with E-state index in [-0.39, 0.29) is 5.69 Å². The largest absolute Gasteiger partial charge is 0.492 e. The molecule has 1 N–H and O–H groups in total. The Morgan fingerprint density at radius 3 is 2.75 bits per heavy atom. The fourth-order valence-electron chi connectivity index (χ4n) is 1.57. The zero-order valence-electron chi connectivity index (χ0n) is 11.0. The van der Waals surface area contributed by atoms with Gasteiger partial charge in [-0.3, -0.25) is 10.1 Å². The average molecular weight is 277 g/mol. The molecule has 0 bridgehead atoms. The molecule has 0 aliphatic carbocycles. The molecule has 0 unspecified atom stereocenters. The smallest absolute Gasteiger partial charge is 0.269 e. The van der Waals surface area contributed by atoms with Crippen molar-refractivity contribution < 1.29 is 9.66 Å². The van der Waals surface area contributed by atoms with Crippen molar-refractivity contribution in [3.05, 3.63) is 46.5 Å². The quantitative estimate of drug-likeness (QED) is 0.459. The minimum Gasteiger partial charge on any atom is -0.492 e. The third-order valence-corrected chi connectivity index (χ3v) is 2.68. The molecule has 8 heteroatoms. The van der Waals surface area contributed by atoms with Gasteiger partial charge in [-0.15, -0.1) is 10.2 Å². The Balaban J connectivity index is 1.68. The molecule has 0 fully saturated rings. The van der Waals surface area contributed by atoms with Gasteiger partial charge in [0.1, 0.15) is 24.5 Å². The van der Waals surface area contributed by atoms with Gasteiger partial charge in [0.2, 0.25) is 0 Å². The lowest BCUT2D eigenvalue weighted by molar-refractivity contribution is -0.384. The third-order valence-electron chi connectivity index (χ3n) is 2.68. The second kappa shape index (κ2) is 6.62. The normalized spacial score (nSPS) is 10.4. The molecule has 0 saturated carbocycles. The van der Waals surface area contributed by atoms with Crippen LogP contribution in [0.25, 0.3) is 0 Å². The van der Waals surface area contributed by atoms with Crippen molar-refractivity contribution in [3.8, 4) is 5.75 Å². The van der Waals surface area contributed by atoms with Gasteiger partial charge >= 0.3 is 0 Å². The minimum absolute atomic E-state index is 0.0535. The van der Waals surface area contributed by atoms with Gasteiger partial charge in [-0.05, 0) is 12.1 Å². The maximum absolute atomic E-state index is 10.5. The van der Waals surface area contributed by atoms with E-state index in [1.165, 1.54) is 12.1 Å². The zero-order valence-corrected chi connectivity index (χ0v) is 11.0. The summed E-state index contributed by atoms with van der Waals surface area (Å²) >= 11 is 0. The highest BCUT2D eigenvalue weighted by Crippen LogP contribution is 2.16. The molecule has 0 radical (unpaired) electrons. The van der Waals surface area contributed by atoms with Gasteiger partial charge in [-0.25, -0.2) is 0 Å². The number of benzene rings is 1. The topological polar surface area (TPSA) is 95.1 Å². The molecule has 1 heterocycles. The molecular weight excluding hydrogens is 262 g/mol. The molecule has 0 amide bonds. The Morgan fingerprint density at radius 2 is 2.15 bits per heavy atom. The molecule has 2 rings (SSSR count). The summed E-state index contributed by atoms with van der Waals surface area (Å²) in [7, 11) is 1.88. The van der Waals surface area contributed by atoms with E-state index in [2.05, 4.69) is 15.5 Å². The van der Waals surface area contributed by atoms with Crippen molar-refractivity contribution in [2.45, 2.75) is 6.54 Å². The first kappa shape index (κ1) is 13.9. The van der Waals surface area contributed by atoms with Gasteiger partial charge in [-0.2, -0.15) is 0 Å². The number of ether oxygens (including phenoxy) is 1. The van der Waals surface area contributed by atoms with Crippen molar-refractivity contribution >= 4 is 5.69 Å². The van der Waals surface area contributed by atoms with Gasteiger partial charge in [0.15, 0.2) is 0 Å². The number of hydrogen-bond donors (Lipinski definition) is 1. The van der Waals surface area contributed by atoms with Crippen molar-refractivity contribution in [3.63, 3.8) is 0 Å². The second-order valence-electron chi connectivity index (χ2n) is 4.13. The maximum atomic E-state index is 10.5. The van der Waals surface area contributed by atoms with Crippen LogP contribution < -0.4 is 10.1 Å². The number of non-ortho nitro benzene ring substituents is 1. The first-order valence-corrected chi connectivity index (χ1v) is 6.07. The third kappa shape index (κ3) is 3.75. The second-order valence-corrected chi connectivity index (χ2v) is 4.13. The molecule has 1 aromatic heterocycles. The van der Waals surface area contributed by atoms with Crippen LogP contribution in [0.15, 0.2) is 30.6 Å². The highest BCUT2D eigenvalue weighted by molar-refractivity contribution is 5.35. The van der Waals surface area contributed by atoms with Crippen LogP contribution in [-0.2, 0) is 13.6 Å². The molecule has 20 heavy (non-hydrogen) atoms. The van der Waals surface area contributed by atoms with E-state index < -0.39 is 4.92 Å². The van der Waals surface area contributed by atoms with E-state index >= 15 is 0 Å². The van der Waals surface area contributed by atoms with Crippen LogP contribution in [0.5, 0.6) is 5.75 Å². The summed E-state index contributed by atoms with van der Waals surface area (Å²) in [6, 6.07) is 6.01. The number of nitrogens with one attached hydrogen (secondary N) is 1. The van der Waals surface area contributed by atoms with Crippen LogP contribution in [0, 0.1) is 10.1 Å². The van der Waals surface area contributed by atoms with Gasteiger partial charge in [-0.1, -0.05) is 0 Å². The number of nitro benzene ring substituents is 1. The monoisotopic (exact) mass is 277 g/mol. The van der Waals surface area contributed by atoms with E-state index in [1.54, 1.807) is 18.5 Å². The summed E-state index contributed by atoms with van der Waals surface area (Å²) in [6.07, 6.45) is 1.64. The first-order chi connectivity index (χ1) is 9.66. The summed E-state index contributed by atoms with van der Waals surface area (Å²) in [6.45, 7) is 1.72. The predicted molar refractivity (Wildman–Crippen MR) is 71.3 cm³/mol. The van der Waals surface area contributed by atoms with Crippen LogP contribution in [0.2, 0.25) is 0 Å². The fourth-order valence-corrected chi connectivity index (χ4v) is 1.57. The number of aromatic nitrogens is 3. The van der Waals surface area contributed by atoms with E-state index in [0.29, 0.717) is 25.4 Å².